The van der Waals surface area contributed by atoms with E-state index in [1.807, 2.05) is 6.92 Å². The maximum atomic E-state index is 14.0. The Labute approximate surface area is 236 Å². The standard InChI is InChI=1S/C26H37ClF3N5O5/c1-4-25(2,3)18(32-21(37)16-10-26(16,29)30)23(39)34-11-13-6-5-7-15(13)17(34)22(38)33-35(24(40)19(27)28)12-14-8-9-31-20(14)36/h13-19H,4-12H2,1-3H3,(H,31,36)(H,32,37)(H,33,38)/t13-,14-,15-,16-,17-,18+,19+/m0/s1. The highest BCUT2D eigenvalue weighted by Crippen LogP contribution is 2.49. The van der Waals surface area contributed by atoms with Crippen LogP contribution in [0.15, 0.2) is 0 Å². The van der Waals surface area contributed by atoms with Gasteiger partial charge in [0.15, 0.2) is 0 Å². The first-order valence-corrected chi connectivity index (χ1v) is 14.3. The summed E-state index contributed by atoms with van der Waals surface area (Å²) in [7, 11) is 0. The van der Waals surface area contributed by atoms with E-state index in [-0.39, 0.29) is 30.8 Å². The van der Waals surface area contributed by atoms with Gasteiger partial charge in [0.1, 0.15) is 18.0 Å². The maximum absolute atomic E-state index is 14.0. The smallest absolute Gasteiger partial charge is 0.291 e. The van der Waals surface area contributed by atoms with Gasteiger partial charge in [-0.1, -0.05) is 38.8 Å². The fourth-order valence-corrected chi connectivity index (χ4v) is 6.24. The number of likely N-dealkylation sites (tertiary alicyclic amines) is 1. The quantitative estimate of drug-likeness (QED) is 0.278. The molecule has 2 aliphatic carbocycles. The molecule has 0 bridgehead atoms. The number of fused-ring (bicyclic) bond motifs is 1. The molecule has 10 nitrogen and oxygen atoms in total. The molecule has 0 aromatic heterocycles. The van der Waals surface area contributed by atoms with Gasteiger partial charge in [-0.25, -0.2) is 18.2 Å². The number of hydrogen-bond donors (Lipinski definition) is 3. The third-order valence-corrected chi connectivity index (χ3v) is 9.26. The lowest BCUT2D eigenvalue weighted by Crippen LogP contribution is -2.61. The molecule has 2 heterocycles. The van der Waals surface area contributed by atoms with Crippen LogP contribution in [-0.4, -0.2) is 82.7 Å². The van der Waals surface area contributed by atoms with Crippen molar-refractivity contribution in [3.63, 3.8) is 0 Å². The Morgan fingerprint density at radius 2 is 1.88 bits per heavy atom. The fraction of sp³-hybridized carbons (Fsp3) is 0.808. The molecule has 14 heteroatoms. The van der Waals surface area contributed by atoms with Gasteiger partial charge in [-0.2, -0.15) is 0 Å². The van der Waals surface area contributed by atoms with Crippen molar-refractivity contribution in [2.24, 2.45) is 29.1 Å². The Morgan fingerprint density at radius 1 is 1.20 bits per heavy atom. The molecule has 4 aliphatic rings. The summed E-state index contributed by atoms with van der Waals surface area (Å²) in [6.07, 6.45) is 2.46. The molecular weight excluding hydrogens is 555 g/mol. The van der Waals surface area contributed by atoms with Crippen molar-refractivity contribution < 1.29 is 37.1 Å². The van der Waals surface area contributed by atoms with Gasteiger partial charge in [0.25, 0.3) is 23.4 Å². The maximum Gasteiger partial charge on any atom is 0.291 e. The van der Waals surface area contributed by atoms with E-state index in [0.29, 0.717) is 30.8 Å². The topological polar surface area (TPSA) is 128 Å². The molecule has 40 heavy (non-hydrogen) atoms. The number of nitrogens with zero attached hydrogens (tertiary/aromatic N) is 2. The first kappa shape index (κ1) is 30.4. The van der Waals surface area contributed by atoms with Crippen LogP contribution in [0.4, 0.5) is 13.2 Å². The number of alkyl halides is 4. The molecule has 0 radical (unpaired) electrons. The number of nitrogens with one attached hydrogen (secondary N) is 3. The lowest BCUT2D eigenvalue weighted by Gasteiger charge is -2.38. The van der Waals surface area contributed by atoms with E-state index in [4.69, 9.17) is 11.6 Å². The molecule has 0 aromatic carbocycles. The second kappa shape index (κ2) is 11.4. The van der Waals surface area contributed by atoms with Gasteiger partial charge in [-0.05, 0) is 42.9 Å². The lowest BCUT2D eigenvalue weighted by atomic mass is 9.80. The van der Waals surface area contributed by atoms with Gasteiger partial charge in [0.05, 0.1) is 12.5 Å². The van der Waals surface area contributed by atoms with Crippen molar-refractivity contribution in [3.05, 3.63) is 0 Å². The molecule has 224 valence electrons. The normalized spacial score (nSPS) is 30.2. The van der Waals surface area contributed by atoms with Crippen molar-refractivity contribution in [1.29, 1.82) is 0 Å². The van der Waals surface area contributed by atoms with E-state index >= 15 is 0 Å². The predicted molar refractivity (Wildman–Crippen MR) is 137 cm³/mol. The summed E-state index contributed by atoms with van der Waals surface area (Å²) >= 11 is 5.40. The molecule has 2 saturated heterocycles. The number of amides is 5. The third kappa shape index (κ3) is 6.03. The van der Waals surface area contributed by atoms with Crippen molar-refractivity contribution in [3.8, 4) is 0 Å². The van der Waals surface area contributed by atoms with Crippen LogP contribution in [0.5, 0.6) is 0 Å². The Balaban J connectivity index is 1.57. The summed E-state index contributed by atoms with van der Waals surface area (Å²) in [6, 6.07) is -2.22. The second-order valence-corrected chi connectivity index (χ2v) is 12.5. The molecule has 0 aromatic rings. The lowest BCUT2D eigenvalue weighted by molar-refractivity contribution is -0.151. The molecule has 2 saturated carbocycles. The second-order valence-electron chi connectivity index (χ2n) is 12.1. The van der Waals surface area contributed by atoms with Crippen LogP contribution in [-0.2, 0) is 24.0 Å². The summed E-state index contributed by atoms with van der Waals surface area (Å²) in [5.74, 6) is -9.34. The average Bonchev–Trinajstić information content (AvgIpc) is 3.27. The van der Waals surface area contributed by atoms with Gasteiger partial charge in [0, 0.05) is 19.5 Å². The molecule has 4 fully saturated rings. The fourth-order valence-electron chi connectivity index (χ4n) is 6.12. The molecule has 2 aliphatic heterocycles. The van der Waals surface area contributed by atoms with Gasteiger partial charge < -0.3 is 15.5 Å². The summed E-state index contributed by atoms with van der Waals surface area (Å²) in [6.45, 7) is 5.58. The van der Waals surface area contributed by atoms with E-state index in [2.05, 4.69) is 16.1 Å². The molecule has 4 rings (SSSR count). The minimum absolute atomic E-state index is 0.0136. The Kier molecular flexibility index (Phi) is 8.64. The third-order valence-electron chi connectivity index (χ3n) is 9.07. The Bertz CT molecular complexity index is 1060. The monoisotopic (exact) mass is 591 g/mol. The number of halogens is 4. The largest absolute Gasteiger partial charge is 0.356 e. The predicted octanol–water partition coefficient (Wildman–Crippen LogP) is 1.72. The number of carbonyl (C=O) groups is 5. The van der Waals surface area contributed by atoms with Crippen molar-refractivity contribution >= 4 is 41.1 Å². The van der Waals surface area contributed by atoms with Gasteiger partial charge >= 0.3 is 0 Å². The van der Waals surface area contributed by atoms with Crippen LogP contribution in [0, 0.1) is 29.1 Å². The zero-order chi connectivity index (χ0) is 29.6. The number of hydrogen-bond acceptors (Lipinski definition) is 5. The van der Waals surface area contributed by atoms with Gasteiger partial charge in [0.2, 0.25) is 17.7 Å². The van der Waals surface area contributed by atoms with Gasteiger partial charge in [-0.3, -0.25) is 29.4 Å². The van der Waals surface area contributed by atoms with Crippen molar-refractivity contribution in [2.75, 3.05) is 19.6 Å². The number of carbonyl (C=O) groups excluding carboxylic acids is 5. The molecule has 3 N–H and O–H groups in total. The average molecular weight is 592 g/mol. The summed E-state index contributed by atoms with van der Waals surface area (Å²) in [5, 5.41) is 5.85. The Morgan fingerprint density at radius 3 is 2.42 bits per heavy atom. The first-order chi connectivity index (χ1) is 18.7. The molecular formula is C26H37ClF3N5O5. The van der Waals surface area contributed by atoms with E-state index in [1.54, 1.807) is 13.8 Å². The van der Waals surface area contributed by atoms with Crippen LogP contribution < -0.4 is 16.1 Å². The molecule has 7 atom stereocenters. The summed E-state index contributed by atoms with van der Waals surface area (Å²) in [5.41, 5.74) is -0.872. The number of rotatable bonds is 9. The molecule has 0 spiro atoms. The zero-order valence-corrected chi connectivity index (χ0v) is 23.6. The summed E-state index contributed by atoms with van der Waals surface area (Å²) in [4.78, 5) is 66.3. The highest BCUT2D eigenvalue weighted by Gasteiger charge is 2.62. The minimum Gasteiger partial charge on any atom is -0.356 e. The highest BCUT2D eigenvalue weighted by atomic mass is 35.5. The molecule has 0 unspecified atom stereocenters. The minimum atomic E-state index is -3.11. The zero-order valence-electron chi connectivity index (χ0n) is 22.9. The van der Waals surface area contributed by atoms with Crippen LogP contribution in [0.25, 0.3) is 0 Å². The van der Waals surface area contributed by atoms with E-state index in [1.165, 1.54) is 4.90 Å². The Hall–Kier alpha value is -2.57. The van der Waals surface area contributed by atoms with Crippen LogP contribution in [0.3, 0.4) is 0 Å². The molecule has 5 amide bonds. The first-order valence-electron chi connectivity index (χ1n) is 13.8. The van der Waals surface area contributed by atoms with Crippen LogP contribution in [0.1, 0.15) is 59.3 Å². The van der Waals surface area contributed by atoms with Crippen LogP contribution in [0.2, 0.25) is 0 Å². The van der Waals surface area contributed by atoms with Gasteiger partial charge in [-0.15, -0.1) is 0 Å². The van der Waals surface area contributed by atoms with E-state index in [0.717, 1.165) is 12.8 Å². The van der Waals surface area contributed by atoms with Crippen molar-refractivity contribution in [1.82, 2.24) is 26.0 Å². The SMILES string of the molecule is CCC(C)(C)[C@H](NC(=O)[C@@H]1CC1(F)F)C(=O)N1C[C@@H]2CCC[C@@H]2[C@H]1C(=O)NN(C[C@@H]1CCNC1=O)C(=O)[C@@H](F)Cl. The van der Waals surface area contributed by atoms with E-state index < -0.39 is 70.9 Å². The van der Waals surface area contributed by atoms with Crippen molar-refractivity contribution in [2.45, 2.75) is 82.9 Å². The van der Waals surface area contributed by atoms with E-state index in [9.17, 15) is 37.1 Å². The van der Waals surface area contributed by atoms with Crippen LogP contribution >= 0.6 is 11.6 Å². The summed E-state index contributed by atoms with van der Waals surface area (Å²) < 4.78 is 41.1. The number of hydrazine groups is 1. The highest BCUT2D eigenvalue weighted by molar-refractivity contribution is 6.29.